The number of aromatic nitrogens is 1. The predicted octanol–water partition coefficient (Wildman–Crippen LogP) is 3.88. The van der Waals surface area contributed by atoms with Crippen molar-refractivity contribution in [2.24, 2.45) is 5.92 Å². The number of benzene rings is 1. The third kappa shape index (κ3) is 2.69. The van der Waals surface area contributed by atoms with Crippen LogP contribution < -0.4 is 5.32 Å². The van der Waals surface area contributed by atoms with Crippen LogP contribution in [0.1, 0.15) is 38.2 Å². The van der Waals surface area contributed by atoms with Crippen molar-refractivity contribution in [3.05, 3.63) is 36.0 Å². The Morgan fingerprint density at radius 2 is 2.16 bits per heavy atom. The Kier molecular flexibility index (Phi) is 3.88. The van der Waals surface area contributed by atoms with E-state index in [1.807, 2.05) is 0 Å². The van der Waals surface area contributed by atoms with E-state index in [1.165, 1.54) is 42.1 Å². The molecule has 2 N–H and O–H groups in total. The fourth-order valence-corrected chi connectivity index (χ4v) is 3.52. The van der Waals surface area contributed by atoms with E-state index in [-0.39, 0.29) is 0 Å². The second-order valence-corrected chi connectivity index (χ2v) is 5.77. The summed E-state index contributed by atoms with van der Waals surface area (Å²) in [6.07, 6.45) is 8.80. The van der Waals surface area contributed by atoms with Crippen LogP contribution >= 0.6 is 0 Å². The summed E-state index contributed by atoms with van der Waals surface area (Å²) in [5, 5.41) is 5.15. The molecule has 19 heavy (non-hydrogen) atoms. The van der Waals surface area contributed by atoms with Crippen LogP contribution in [0.4, 0.5) is 0 Å². The van der Waals surface area contributed by atoms with Crippen LogP contribution in [0.15, 0.2) is 30.5 Å². The highest BCUT2D eigenvalue weighted by Crippen LogP contribution is 2.28. The number of fused-ring (bicyclic) bond motifs is 1. The molecule has 2 aromatic rings. The van der Waals surface area contributed by atoms with Gasteiger partial charge in [-0.05, 0) is 43.4 Å². The Morgan fingerprint density at radius 1 is 1.26 bits per heavy atom. The first-order valence-electron chi connectivity index (χ1n) is 7.67. The second kappa shape index (κ2) is 5.79. The molecule has 1 fully saturated rings. The molecule has 1 heterocycles. The van der Waals surface area contributed by atoms with Gasteiger partial charge >= 0.3 is 0 Å². The van der Waals surface area contributed by atoms with Gasteiger partial charge in [0, 0.05) is 23.1 Å². The summed E-state index contributed by atoms with van der Waals surface area (Å²) in [5.41, 5.74) is 2.69. The lowest BCUT2D eigenvalue weighted by Crippen LogP contribution is -2.33. The Bertz CT molecular complexity index is 529. The summed E-state index contributed by atoms with van der Waals surface area (Å²) in [7, 11) is 0. The van der Waals surface area contributed by atoms with E-state index in [1.54, 1.807) is 0 Å². The molecule has 2 unspecified atom stereocenters. The van der Waals surface area contributed by atoms with Gasteiger partial charge in [-0.25, -0.2) is 0 Å². The summed E-state index contributed by atoms with van der Waals surface area (Å²) in [6.45, 7) is 3.42. The molecule has 0 amide bonds. The average Bonchev–Trinajstić information content (AvgIpc) is 3.06. The lowest BCUT2D eigenvalue weighted by atomic mass is 10.0. The van der Waals surface area contributed by atoms with Gasteiger partial charge in [-0.2, -0.15) is 0 Å². The molecule has 2 heteroatoms. The van der Waals surface area contributed by atoms with Crippen LogP contribution in [0, 0.1) is 5.92 Å². The van der Waals surface area contributed by atoms with Gasteiger partial charge in [0.25, 0.3) is 0 Å². The molecule has 0 aliphatic heterocycles. The molecule has 2 atom stereocenters. The van der Waals surface area contributed by atoms with Crippen molar-refractivity contribution < 1.29 is 0 Å². The van der Waals surface area contributed by atoms with Gasteiger partial charge in [-0.1, -0.05) is 38.0 Å². The third-order valence-electron chi connectivity index (χ3n) is 4.66. The fourth-order valence-electron chi connectivity index (χ4n) is 3.52. The number of hydrogen-bond donors (Lipinski definition) is 2. The first kappa shape index (κ1) is 12.7. The van der Waals surface area contributed by atoms with Gasteiger partial charge in [0.05, 0.1) is 0 Å². The van der Waals surface area contributed by atoms with E-state index in [9.17, 15) is 0 Å². The van der Waals surface area contributed by atoms with E-state index >= 15 is 0 Å². The lowest BCUT2D eigenvalue weighted by molar-refractivity contribution is 0.393. The largest absolute Gasteiger partial charge is 0.361 e. The van der Waals surface area contributed by atoms with Crippen LogP contribution in [0.25, 0.3) is 10.9 Å². The van der Waals surface area contributed by atoms with Crippen molar-refractivity contribution in [2.45, 2.75) is 45.1 Å². The van der Waals surface area contributed by atoms with Gasteiger partial charge in [0.1, 0.15) is 0 Å². The minimum absolute atomic E-state index is 0.759. The van der Waals surface area contributed by atoms with E-state index < -0.39 is 0 Å². The maximum absolute atomic E-state index is 3.77. The minimum Gasteiger partial charge on any atom is -0.361 e. The molecule has 1 saturated carbocycles. The summed E-state index contributed by atoms with van der Waals surface area (Å²) >= 11 is 0. The molecule has 0 radical (unpaired) electrons. The third-order valence-corrected chi connectivity index (χ3v) is 4.66. The van der Waals surface area contributed by atoms with Gasteiger partial charge in [-0.15, -0.1) is 0 Å². The molecule has 1 aliphatic rings. The van der Waals surface area contributed by atoms with Crippen molar-refractivity contribution >= 4 is 10.9 Å². The standard InChI is InChI=1S/C17H24N2/c1-2-13-6-5-9-16(13)18-11-10-14-12-19-17-8-4-3-7-15(14)17/h3-4,7-8,12-13,16,18-19H,2,5-6,9-11H2,1H3. The number of nitrogens with one attached hydrogen (secondary N) is 2. The molecule has 2 nitrogen and oxygen atoms in total. The van der Waals surface area contributed by atoms with Crippen molar-refractivity contribution in [2.75, 3.05) is 6.54 Å². The van der Waals surface area contributed by atoms with Crippen molar-refractivity contribution in [3.8, 4) is 0 Å². The highest BCUT2D eigenvalue weighted by atomic mass is 14.9. The maximum atomic E-state index is 3.77. The van der Waals surface area contributed by atoms with Crippen molar-refractivity contribution in [3.63, 3.8) is 0 Å². The fraction of sp³-hybridized carbons (Fsp3) is 0.529. The van der Waals surface area contributed by atoms with Gasteiger partial charge < -0.3 is 10.3 Å². The topological polar surface area (TPSA) is 27.8 Å². The van der Waals surface area contributed by atoms with Crippen molar-refractivity contribution in [1.82, 2.24) is 10.3 Å². The van der Waals surface area contributed by atoms with E-state index in [0.29, 0.717) is 0 Å². The molecule has 1 aliphatic carbocycles. The Labute approximate surface area is 115 Å². The normalized spacial score (nSPS) is 23.2. The molecular weight excluding hydrogens is 232 g/mol. The number of aromatic amines is 1. The number of para-hydroxylation sites is 1. The van der Waals surface area contributed by atoms with Crippen molar-refractivity contribution in [1.29, 1.82) is 0 Å². The zero-order chi connectivity index (χ0) is 13.1. The Balaban J connectivity index is 1.57. The van der Waals surface area contributed by atoms with Crippen LogP contribution in [0.5, 0.6) is 0 Å². The Morgan fingerprint density at radius 3 is 3.05 bits per heavy atom. The van der Waals surface area contributed by atoms with Crippen LogP contribution in [-0.4, -0.2) is 17.6 Å². The smallest absolute Gasteiger partial charge is 0.0456 e. The van der Waals surface area contributed by atoms with Crippen LogP contribution in [0.2, 0.25) is 0 Å². The second-order valence-electron chi connectivity index (χ2n) is 5.77. The molecule has 0 saturated heterocycles. The highest BCUT2D eigenvalue weighted by Gasteiger charge is 2.24. The molecule has 0 spiro atoms. The molecule has 1 aromatic carbocycles. The number of H-pyrrole nitrogens is 1. The van der Waals surface area contributed by atoms with Gasteiger partial charge in [0.15, 0.2) is 0 Å². The van der Waals surface area contributed by atoms with E-state index in [2.05, 4.69) is 47.7 Å². The van der Waals surface area contributed by atoms with E-state index in [0.717, 1.165) is 24.9 Å². The first-order chi connectivity index (χ1) is 9.38. The molecule has 1 aromatic heterocycles. The number of hydrogen-bond acceptors (Lipinski definition) is 1. The first-order valence-corrected chi connectivity index (χ1v) is 7.67. The molecule has 102 valence electrons. The minimum atomic E-state index is 0.759. The Hall–Kier alpha value is -1.28. The van der Waals surface area contributed by atoms with Gasteiger partial charge in [-0.3, -0.25) is 0 Å². The zero-order valence-corrected chi connectivity index (χ0v) is 11.8. The predicted molar refractivity (Wildman–Crippen MR) is 81.4 cm³/mol. The monoisotopic (exact) mass is 256 g/mol. The van der Waals surface area contributed by atoms with E-state index in [4.69, 9.17) is 0 Å². The molecular formula is C17H24N2. The summed E-state index contributed by atoms with van der Waals surface area (Å²) in [4.78, 5) is 3.36. The summed E-state index contributed by atoms with van der Waals surface area (Å²) < 4.78 is 0. The average molecular weight is 256 g/mol. The molecule has 3 rings (SSSR count). The summed E-state index contributed by atoms with van der Waals surface area (Å²) in [5.74, 6) is 0.906. The van der Waals surface area contributed by atoms with Crippen LogP contribution in [-0.2, 0) is 6.42 Å². The summed E-state index contributed by atoms with van der Waals surface area (Å²) in [6, 6.07) is 9.33. The quantitative estimate of drug-likeness (QED) is 0.835. The number of rotatable bonds is 5. The van der Waals surface area contributed by atoms with Crippen LogP contribution in [0.3, 0.4) is 0 Å². The lowest BCUT2D eigenvalue weighted by Gasteiger charge is -2.19. The molecule has 0 bridgehead atoms. The SMILES string of the molecule is CCC1CCCC1NCCc1c[nH]c2ccccc12. The highest BCUT2D eigenvalue weighted by molar-refractivity contribution is 5.83. The maximum Gasteiger partial charge on any atom is 0.0456 e. The van der Waals surface area contributed by atoms with Gasteiger partial charge in [0.2, 0.25) is 0 Å². The zero-order valence-electron chi connectivity index (χ0n) is 11.8.